The molecule has 0 aliphatic heterocycles. The molecule has 0 radical (unpaired) electrons. The van der Waals surface area contributed by atoms with Crippen LogP contribution in [0, 0.1) is 6.58 Å². The third kappa shape index (κ3) is 8.93. The average Bonchev–Trinajstić information content (AvgIpc) is 1.38. The summed E-state index contributed by atoms with van der Waals surface area (Å²) in [7, 11) is 0. The van der Waals surface area contributed by atoms with Crippen LogP contribution in [0.5, 0.6) is 0 Å². The molecule has 0 nitrogen and oxygen atoms in total. The van der Waals surface area contributed by atoms with Crippen molar-refractivity contribution in [2.45, 2.75) is 6.92 Å². The summed E-state index contributed by atoms with van der Waals surface area (Å²) >= 11 is 0. The standard InChI is InChI=1S/C5H7.K/c1-4-5(2)3;/h1,4H,2H2,3H3;/q-1;+1. The van der Waals surface area contributed by atoms with Crippen molar-refractivity contribution in [2.75, 3.05) is 0 Å². The first-order valence-corrected chi connectivity index (χ1v) is 1.48. The Hall–Kier alpha value is 1.12. The maximum atomic E-state index is 4.95. The molecular formula is C5H7K. The fourth-order valence-electron chi connectivity index (χ4n) is 0. The van der Waals surface area contributed by atoms with Gasteiger partial charge in [-0.15, -0.1) is 6.92 Å². The van der Waals surface area contributed by atoms with Crippen molar-refractivity contribution in [3.05, 3.63) is 24.8 Å². The molecule has 0 aromatic carbocycles. The van der Waals surface area contributed by atoms with E-state index in [2.05, 4.69) is 6.58 Å². The summed E-state index contributed by atoms with van der Waals surface area (Å²) in [4.78, 5) is 0. The third-order valence-corrected chi connectivity index (χ3v) is 0.285. The second-order valence-electron chi connectivity index (χ2n) is 1.01. The fraction of sp³-hybridized carbons (Fsp3) is 0.200. The molecule has 0 fully saturated rings. The zero-order valence-corrected chi connectivity index (χ0v) is 7.48. The quantitative estimate of drug-likeness (QED) is 0.218. The second kappa shape index (κ2) is 6.12. The molecule has 0 saturated carbocycles. The van der Waals surface area contributed by atoms with E-state index in [-0.39, 0.29) is 51.4 Å². The van der Waals surface area contributed by atoms with Crippen molar-refractivity contribution in [2.24, 2.45) is 0 Å². The van der Waals surface area contributed by atoms with E-state index in [1.807, 2.05) is 6.92 Å². The van der Waals surface area contributed by atoms with Crippen molar-refractivity contribution in [1.29, 1.82) is 0 Å². The molecule has 0 amide bonds. The van der Waals surface area contributed by atoms with Crippen LogP contribution in [-0.4, -0.2) is 0 Å². The van der Waals surface area contributed by atoms with Crippen LogP contribution in [0.2, 0.25) is 0 Å². The Bertz CT molecular complexity index is 55.0. The zero-order valence-electron chi connectivity index (χ0n) is 4.36. The van der Waals surface area contributed by atoms with Crippen LogP contribution in [0.3, 0.4) is 0 Å². The molecule has 1 heteroatoms. The van der Waals surface area contributed by atoms with Crippen LogP contribution in [-0.2, 0) is 0 Å². The fourth-order valence-corrected chi connectivity index (χ4v) is 0. The minimum atomic E-state index is 0. The van der Waals surface area contributed by atoms with Gasteiger partial charge in [0.15, 0.2) is 0 Å². The van der Waals surface area contributed by atoms with Crippen molar-refractivity contribution in [3.8, 4) is 0 Å². The summed E-state index contributed by atoms with van der Waals surface area (Å²) < 4.78 is 0. The summed E-state index contributed by atoms with van der Waals surface area (Å²) in [6.07, 6.45) is 1.47. The van der Waals surface area contributed by atoms with Gasteiger partial charge in [0.25, 0.3) is 0 Å². The van der Waals surface area contributed by atoms with Crippen LogP contribution in [0.25, 0.3) is 0 Å². The van der Waals surface area contributed by atoms with Gasteiger partial charge >= 0.3 is 51.4 Å². The average molecular weight is 106 g/mol. The maximum Gasteiger partial charge on any atom is 1.00 e. The van der Waals surface area contributed by atoms with Crippen LogP contribution >= 0.6 is 0 Å². The van der Waals surface area contributed by atoms with Gasteiger partial charge in [-0.3, -0.25) is 6.58 Å². The SMILES string of the molecule is [CH-]=CC(=C)C.[K+]. The number of hydrogen-bond acceptors (Lipinski definition) is 0. The molecule has 0 N–H and O–H groups in total. The number of hydrogen-bond donors (Lipinski definition) is 0. The summed E-state index contributed by atoms with van der Waals surface area (Å²) in [5.41, 5.74) is 0.907. The predicted molar refractivity (Wildman–Crippen MR) is 23.7 cm³/mol. The largest absolute Gasteiger partial charge is 1.00 e. The molecule has 0 aliphatic rings. The Balaban J connectivity index is 0. The number of allylic oxidation sites excluding steroid dienone is 2. The van der Waals surface area contributed by atoms with Crippen molar-refractivity contribution in [3.63, 3.8) is 0 Å². The molecule has 0 atom stereocenters. The monoisotopic (exact) mass is 106 g/mol. The van der Waals surface area contributed by atoms with Gasteiger partial charge in [-0.2, -0.15) is 6.58 Å². The van der Waals surface area contributed by atoms with E-state index < -0.39 is 0 Å². The summed E-state index contributed by atoms with van der Waals surface area (Å²) in [5, 5.41) is 0. The van der Waals surface area contributed by atoms with E-state index in [9.17, 15) is 0 Å². The Kier molecular flexibility index (Phi) is 10.4. The molecule has 0 saturated heterocycles. The van der Waals surface area contributed by atoms with Gasteiger partial charge in [0.2, 0.25) is 0 Å². The molecule has 0 heterocycles. The molecule has 0 aromatic heterocycles. The van der Waals surface area contributed by atoms with Crippen molar-refractivity contribution in [1.82, 2.24) is 0 Å². The van der Waals surface area contributed by atoms with Gasteiger partial charge in [-0.25, -0.2) is 11.6 Å². The van der Waals surface area contributed by atoms with E-state index in [4.69, 9.17) is 6.58 Å². The molecule has 0 aromatic rings. The minimum Gasteiger partial charge on any atom is -0.293 e. The Labute approximate surface area is 81.7 Å². The third-order valence-electron chi connectivity index (χ3n) is 0.285. The topological polar surface area (TPSA) is 0 Å². The first kappa shape index (κ1) is 10.2. The van der Waals surface area contributed by atoms with E-state index in [1.165, 1.54) is 6.08 Å². The Morgan fingerprint density at radius 3 is 2.00 bits per heavy atom. The molecule has 6 heavy (non-hydrogen) atoms. The van der Waals surface area contributed by atoms with Gasteiger partial charge in [0.1, 0.15) is 0 Å². The van der Waals surface area contributed by atoms with E-state index >= 15 is 0 Å². The first-order chi connectivity index (χ1) is 2.27. The van der Waals surface area contributed by atoms with Crippen LogP contribution in [0.4, 0.5) is 0 Å². The van der Waals surface area contributed by atoms with Crippen LogP contribution in [0.15, 0.2) is 18.2 Å². The van der Waals surface area contributed by atoms with Crippen LogP contribution < -0.4 is 51.4 Å². The van der Waals surface area contributed by atoms with E-state index in [0.717, 1.165) is 5.57 Å². The Morgan fingerprint density at radius 2 is 2.00 bits per heavy atom. The maximum absolute atomic E-state index is 4.95. The van der Waals surface area contributed by atoms with Crippen molar-refractivity contribution >= 4 is 0 Å². The second-order valence-corrected chi connectivity index (χ2v) is 1.01. The van der Waals surface area contributed by atoms with Gasteiger partial charge < -0.3 is 0 Å². The predicted octanol–water partition coefficient (Wildman–Crippen LogP) is -1.44. The summed E-state index contributed by atoms with van der Waals surface area (Å²) in [5.74, 6) is 0. The van der Waals surface area contributed by atoms with Gasteiger partial charge in [0.05, 0.1) is 0 Å². The van der Waals surface area contributed by atoms with E-state index in [0.29, 0.717) is 0 Å². The smallest absolute Gasteiger partial charge is 0.293 e. The molecule has 0 aliphatic carbocycles. The molecular weight excluding hydrogens is 99.2 g/mol. The zero-order chi connectivity index (χ0) is 4.28. The van der Waals surface area contributed by atoms with E-state index in [1.54, 1.807) is 0 Å². The van der Waals surface area contributed by atoms with Crippen molar-refractivity contribution < 1.29 is 51.4 Å². The molecule has 0 unspecified atom stereocenters. The first-order valence-electron chi connectivity index (χ1n) is 1.48. The van der Waals surface area contributed by atoms with Gasteiger partial charge in [0, 0.05) is 0 Å². The Morgan fingerprint density at radius 1 is 1.83 bits per heavy atom. The summed E-state index contributed by atoms with van der Waals surface area (Å²) in [6.45, 7) is 10.3. The van der Waals surface area contributed by atoms with Crippen LogP contribution in [0.1, 0.15) is 6.92 Å². The molecule has 0 bridgehead atoms. The normalized spacial score (nSPS) is 5.50. The molecule has 0 spiro atoms. The van der Waals surface area contributed by atoms with Gasteiger partial charge in [-0.05, 0) is 0 Å². The molecule has 28 valence electrons. The number of rotatable bonds is 1. The van der Waals surface area contributed by atoms with Gasteiger partial charge in [-0.1, -0.05) is 0 Å². The molecule has 0 rings (SSSR count). The summed E-state index contributed by atoms with van der Waals surface area (Å²) in [6, 6.07) is 0. The minimum absolute atomic E-state index is 0.